The number of carboxylic acid groups (broad SMARTS) is 1. The zero-order chi connectivity index (χ0) is 45.7. The predicted molar refractivity (Wildman–Crippen MR) is 245 cm³/mol. The summed E-state index contributed by atoms with van der Waals surface area (Å²) in [6, 6.07) is 3.35. The van der Waals surface area contributed by atoms with Crippen molar-refractivity contribution in [3.63, 3.8) is 0 Å². The molecule has 0 spiro atoms. The Balaban J connectivity index is 1.09. The van der Waals surface area contributed by atoms with Crippen LogP contribution in [0.5, 0.6) is 11.5 Å². The molecule has 1 aromatic carbocycles. The number of amides is 3. The van der Waals surface area contributed by atoms with E-state index in [1.54, 1.807) is 12.1 Å². The Morgan fingerprint density at radius 3 is 2.42 bits per heavy atom. The van der Waals surface area contributed by atoms with Crippen LogP contribution in [-0.4, -0.2) is 142 Å². The van der Waals surface area contributed by atoms with Crippen molar-refractivity contribution in [1.29, 1.82) is 0 Å². The molecule has 16 nitrogen and oxygen atoms in total. The summed E-state index contributed by atoms with van der Waals surface area (Å²) >= 11 is 8.58. The van der Waals surface area contributed by atoms with Crippen LogP contribution in [0.4, 0.5) is 9.93 Å². The highest BCUT2D eigenvalue weighted by atomic mass is 35.5. The van der Waals surface area contributed by atoms with Crippen LogP contribution in [0.15, 0.2) is 36.2 Å². The normalized spacial score (nSPS) is 27.2. The van der Waals surface area contributed by atoms with E-state index >= 15 is 0 Å². The summed E-state index contributed by atoms with van der Waals surface area (Å²) in [5.74, 6) is -0.740. The fraction of sp³-hybridized carbons (Fsp3) is 0.609. The molecular formula is C46H61ClN8O8S. The maximum absolute atomic E-state index is 14.8. The van der Waals surface area contributed by atoms with E-state index in [0.29, 0.717) is 57.3 Å². The number of nitrogens with one attached hydrogen (secondary N) is 3. The first kappa shape index (κ1) is 45.8. The fourth-order valence-electron chi connectivity index (χ4n) is 9.36. The van der Waals surface area contributed by atoms with Crippen molar-refractivity contribution >= 4 is 62.8 Å². The highest BCUT2D eigenvalue weighted by Crippen LogP contribution is 2.52. The number of pyridine rings is 1. The number of benzene rings is 1. The highest BCUT2D eigenvalue weighted by Gasteiger charge is 2.61. The molecule has 2 saturated heterocycles. The average Bonchev–Trinajstić information content (AvgIpc) is 3.91. The second kappa shape index (κ2) is 18.3. The van der Waals surface area contributed by atoms with E-state index in [4.69, 9.17) is 35.8 Å². The summed E-state index contributed by atoms with van der Waals surface area (Å²) in [5, 5.41) is 22.6. The van der Waals surface area contributed by atoms with Crippen molar-refractivity contribution in [2.75, 3.05) is 58.2 Å². The molecule has 2 aromatic heterocycles. The minimum atomic E-state index is -1.53. The number of aromatic nitrogens is 2. The Labute approximate surface area is 383 Å². The first-order valence-corrected chi connectivity index (χ1v) is 23.7. The van der Waals surface area contributed by atoms with Crippen LogP contribution in [0, 0.1) is 23.2 Å². The van der Waals surface area contributed by atoms with Gasteiger partial charge in [-0.15, -0.1) is 17.9 Å². The van der Waals surface area contributed by atoms with E-state index < -0.39 is 58.9 Å². The van der Waals surface area contributed by atoms with Crippen molar-refractivity contribution in [2.24, 2.45) is 23.2 Å². The number of nitrogens with zero attached hydrogens (tertiary/aromatic N) is 5. The minimum Gasteiger partial charge on any atom is -0.491 e. The van der Waals surface area contributed by atoms with Gasteiger partial charge in [-0.25, -0.2) is 19.6 Å². The number of fused-ring (bicyclic) bond motifs is 2. The van der Waals surface area contributed by atoms with Crippen LogP contribution >= 0.6 is 22.9 Å². The van der Waals surface area contributed by atoms with Gasteiger partial charge >= 0.3 is 12.1 Å². The summed E-state index contributed by atoms with van der Waals surface area (Å²) in [6.45, 7) is 18.4. The van der Waals surface area contributed by atoms with Crippen LogP contribution in [0.2, 0.25) is 5.02 Å². The molecule has 0 bridgehead atoms. The highest BCUT2D eigenvalue weighted by molar-refractivity contribution is 7.14. The third-order valence-corrected chi connectivity index (χ3v) is 14.4. The predicted octanol–water partition coefficient (Wildman–Crippen LogP) is 5.89. The molecule has 3 aromatic rings. The second-order valence-electron chi connectivity index (χ2n) is 19.6. The number of piperazine rings is 1. The van der Waals surface area contributed by atoms with Gasteiger partial charge in [-0.3, -0.25) is 14.5 Å². The van der Waals surface area contributed by atoms with Crippen molar-refractivity contribution in [3.05, 3.63) is 41.3 Å². The Hall–Kier alpha value is -4.71. The molecule has 18 heteroatoms. The van der Waals surface area contributed by atoms with Crippen LogP contribution in [-0.2, 0) is 19.1 Å². The fourth-order valence-corrected chi connectivity index (χ4v) is 10.5. The van der Waals surface area contributed by atoms with E-state index in [-0.39, 0.29) is 31.5 Å². The number of carbonyl (C=O) groups is 4. The van der Waals surface area contributed by atoms with Crippen molar-refractivity contribution in [1.82, 2.24) is 35.3 Å². The number of aliphatic carboxylic acids is 1. The molecule has 0 radical (unpaired) electrons. The maximum atomic E-state index is 14.8. The summed E-state index contributed by atoms with van der Waals surface area (Å²) in [7, 11) is 2.12. The van der Waals surface area contributed by atoms with Gasteiger partial charge in [-0.05, 0) is 76.0 Å². The first-order chi connectivity index (χ1) is 30.4. The van der Waals surface area contributed by atoms with E-state index in [1.807, 2.05) is 46.1 Å². The van der Waals surface area contributed by atoms with Crippen LogP contribution in [0.25, 0.3) is 22.3 Å². The summed E-state index contributed by atoms with van der Waals surface area (Å²) in [6.07, 6.45) is 2.88. The molecule has 3 aliphatic carbocycles. The number of ether oxygens (including phenoxy) is 3. The lowest BCUT2D eigenvalue weighted by molar-refractivity contribution is -0.146. The number of likely N-dealkylation sites (N-methyl/N-ethyl adjacent to an activating group) is 1. The van der Waals surface area contributed by atoms with Crippen LogP contribution < -0.4 is 25.4 Å². The standard InChI is InChI=1S/C46H61ClN8O8S/c1-8-28-22-46(28,42(58)59)52-40(56)34-20-30(23-55(34)41(57)39(45(4,5)6)51-44(60)63-29-18-26-17-27(26)19-29)62-36-21-32(33-24-64-43(50-33)48-25(2)3)49-38-31(36)9-10-35(37(38)47)61-16-15-54-13-11-53(7)12-14-54/h8-10,21,24-30,34,39H,1,11-20,22-23H2,2-7H3,(H,48,50)(H,51,60)(H,52,56)(H,58,59)/t26-,27+,28-,29+,30?,34+,39-,46-/m1/s1. The molecule has 2 aliphatic heterocycles. The van der Waals surface area contributed by atoms with Gasteiger partial charge in [0, 0.05) is 67.9 Å². The number of hydrogen-bond donors (Lipinski definition) is 4. The molecule has 4 N–H and O–H groups in total. The minimum absolute atomic E-state index is 0.0255. The molecule has 5 aliphatic rings. The Morgan fingerprint density at radius 2 is 1.77 bits per heavy atom. The van der Waals surface area contributed by atoms with Crippen molar-refractivity contribution in [2.45, 2.75) is 103 Å². The molecule has 5 fully saturated rings. The average molecular weight is 922 g/mol. The van der Waals surface area contributed by atoms with Gasteiger partial charge < -0.3 is 45.1 Å². The zero-order valence-electron chi connectivity index (χ0n) is 37.5. The number of hydrogen-bond acceptors (Lipinski definition) is 13. The first-order valence-electron chi connectivity index (χ1n) is 22.4. The molecule has 4 heterocycles. The summed E-state index contributed by atoms with van der Waals surface area (Å²) in [4.78, 5) is 70.9. The van der Waals surface area contributed by atoms with Gasteiger partial charge in [0.25, 0.3) is 0 Å². The quantitative estimate of drug-likeness (QED) is 0.125. The number of anilines is 1. The van der Waals surface area contributed by atoms with E-state index in [0.717, 1.165) is 50.7 Å². The number of thiazole rings is 1. The lowest BCUT2D eigenvalue weighted by atomic mass is 9.85. The molecule has 8 rings (SSSR count). The monoisotopic (exact) mass is 920 g/mol. The molecular weight excluding hydrogens is 860 g/mol. The number of likely N-dealkylation sites (tertiary alicyclic amines) is 1. The van der Waals surface area contributed by atoms with Crippen LogP contribution in [0.3, 0.4) is 0 Å². The van der Waals surface area contributed by atoms with Gasteiger partial charge in [0.05, 0.1) is 17.8 Å². The largest absolute Gasteiger partial charge is 0.491 e. The van der Waals surface area contributed by atoms with Gasteiger partial charge in [0.1, 0.15) is 58.7 Å². The smallest absolute Gasteiger partial charge is 0.408 e. The molecule has 1 unspecified atom stereocenters. The molecule has 64 heavy (non-hydrogen) atoms. The molecule has 3 amide bonds. The Morgan fingerprint density at radius 1 is 1.03 bits per heavy atom. The lowest BCUT2D eigenvalue weighted by Crippen LogP contribution is -2.59. The third-order valence-electron chi connectivity index (χ3n) is 13.3. The number of carboxylic acids is 1. The molecule has 346 valence electrons. The van der Waals surface area contributed by atoms with Gasteiger partial charge in [0.2, 0.25) is 11.8 Å². The molecule has 8 atom stereocenters. The van der Waals surface area contributed by atoms with Crippen LogP contribution in [0.1, 0.15) is 66.7 Å². The second-order valence-corrected chi connectivity index (χ2v) is 20.8. The lowest BCUT2D eigenvalue weighted by Gasteiger charge is -2.35. The topological polar surface area (TPSA) is 188 Å². The van der Waals surface area contributed by atoms with Gasteiger partial charge in [-0.1, -0.05) is 38.4 Å². The van der Waals surface area contributed by atoms with E-state index in [9.17, 15) is 24.3 Å². The number of rotatable bonds is 16. The summed E-state index contributed by atoms with van der Waals surface area (Å²) in [5.41, 5.74) is -0.808. The maximum Gasteiger partial charge on any atom is 0.408 e. The zero-order valence-corrected chi connectivity index (χ0v) is 39.1. The number of halogens is 1. The molecule has 3 saturated carbocycles. The SMILES string of the molecule is C=C[C@@H]1C[C@]1(NC(=O)[C@@H]1CC(Oc2cc(-c3csc(NC(C)C)n3)nc3c(Cl)c(OCCN4CCN(C)CC4)ccc23)CN1C(=O)[C@@H](NC(=O)O[C@@H]1C[C@@H]2C[C@@H]2C1)C(C)(C)C)C(=O)O. The van der Waals surface area contributed by atoms with Crippen molar-refractivity contribution < 1.29 is 38.5 Å². The van der Waals surface area contributed by atoms with E-state index in [1.165, 1.54) is 28.7 Å². The Kier molecular flexibility index (Phi) is 13.1. The van der Waals surface area contributed by atoms with Gasteiger partial charge in [0.15, 0.2) is 5.13 Å². The van der Waals surface area contributed by atoms with E-state index in [2.05, 4.69) is 39.4 Å². The van der Waals surface area contributed by atoms with Gasteiger partial charge in [-0.2, -0.15) is 0 Å². The number of alkyl carbamates (subject to hydrolysis) is 1. The third kappa shape index (κ3) is 9.92. The number of carbonyl (C=O) groups excluding carboxylic acids is 3. The van der Waals surface area contributed by atoms with Crippen molar-refractivity contribution in [3.8, 4) is 22.9 Å². The Bertz CT molecular complexity index is 2270. The summed E-state index contributed by atoms with van der Waals surface area (Å²) < 4.78 is 18.9.